The Hall–Kier alpha value is -2.37. The van der Waals surface area contributed by atoms with Gasteiger partial charge in [0.2, 0.25) is 5.91 Å². The quantitative estimate of drug-likeness (QED) is 0.446. The van der Waals surface area contributed by atoms with Crippen molar-refractivity contribution in [2.45, 2.75) is 55.3 Å². The lowest BCUT2D eigenvalue weighted by Gasteiger charge is -2.46. The summed E-state index contributed by atoms with van der Waals surface area (Å²) in [5.41, 5.74) is 1.39. The summed E-state index contributed by atoms with van der Waals surface area (Å²) in [7, 11) is 2.79. The fraction of sp³-hybridized carbons (Fsp3) is 0.476. The van der Waals surface area contributed by atoms with Crippen molar-refractivity contribution in [2.75, 3.05) is 5.88 Å². The molecule has 2 bridgehead atoms. The fourth-order valence-electron chi connectivity index (χ4n) is 4.90. The van der Waals surface area contributed by atoms with Crippen LogP contribution < -0.4 is 0 Å². The van der Waals surface area contributed by atoms with Crippen LogP contribution in [-0.4, -0.2) is 67.7 Å². The van der Waals surface area contributed by atoms with Crippen molar-refractivity contribution in [1.82, 2.24) is 9.80 Å². The summed E-state index contributed by atoms with van der Waals surface area (Å²) in [6.45, 7) is 1.31. The molecule has 11 heteroatoms. The number of aliphatic hydroxyl groups excluding tert-OH is 1. The van der Waals surface area contributed by atoms with Crippen LogP contribution in [0.15, 0.2) is 48.3 Å². The smallest absolute Gasteiger partial charge is 0.303 e. The number of amides is 2. The number of hydrogen-bond donors (Lipinski definition) is 1. The highest BCUT2D eigenvalue weighted by Crippen LogP contribution is 2.56. The van der Waals surface area contributed by atoms with Crippen LogP contribution >= 0.6 is 21.6 Å². The van der Waals surface area contributed by atoms with Gasteiger partial charge >= 0.3 is 5.97 Å². The highest BCUT2D eigenvalue weighted by molar-refractivity contribution is 8.77. The first kappa shape index (κ1) is 21.5. The van der Waals surface area contributed by atoms with Crippen LogP contribution in [0.4, 0.5) is 0 Å². The molecule has 1 spiro atoms. The van der Waals surface area contributed by atoms with Gasteiger partial charge in [0.05, 0.1) is 49.1 Å². The minimum Gasteiger partial charge on any atom is -0.473 e. The van der Waals surface area contributed by atoms with E-state index in [0.29, 0.717) is 23.4 Å². The number of aliphatic hydroxyl groups is 1. The van der Waals surface area contributed by atoms with E-state index in [1.165, 1.54) is 59.6 Å². The lowest BCUT2D eigenvalue weighted by molar-refractivity contribution is -0.154. The summed E-state index contributed by atoms with van der Waals surface area (Å²) in [4.78, 5) is 41.5. The lowest BCUT2D eigenvalue weighted by Crippen LogP contribution is -2.63. The number of ether oxygens (including phenoxy) is 3. The molecule has 3 saturated heterocycles. The van der Waals surface area contributed by atoms with Gasteiger partial charge in [-0.2, -0.15) is 0 Å². The molecule has 5 heterocycles. The van der Waals surface area contributed by atoms with Gasteiger partial charge in [0.15, 0.2) is 4.87 Å². The topological polar surface area (TPSA) is 106 Å². The molecule has 5 unspecified atom stereocenters. The Morgan fingerprint density at radius 3 is 2.69 bits per heavy atom. The van der Waals surface area contributed by atoms with Crippen LogP contribution in [0, 0.1) is 0 Å². The Bertz CT molecular complexity index is 977. The molecule has 0 aromatic carbocycles. The molecule has 5 aliphatic heterocycles. The van der Waals surface area contributed by atoms with Crippen molar-refractivity contribution < 1.29 is 33.7 Å². The highest BCUT2D eigenvalue weighted by atomic mass is 33.1. The maximum absolute atomic E-state index is 14.1. The molecular formula is C21H22N2O7S2. The van der Waals surface area contributed by atoms with E-state index in [1.807, 2.05) is 0 Å². The van der Waals surface area contributed by atoms with Crippen molar-refractivity contribution in [3.63, 3.8) is 0 Å². The van der Waals surface area contributed by atoms with Gasteiger partial charge in [-0.3, -0.25) is 14.4 Å². The predicted molar refractivity (Wildman–Crippen MR) is 116 cm³/mol. The summed E-state index contributed by atoms with van der Waals surface area (Å²) in [6, 6.07) is -1.28. The fourth-order valence-corrected chi connectivity index (χ4v) is 7.96. The van der Waals surface area contributed by atoms with Crippen LogP contribution in [0.3, 0.4) is 0 Å². The van der Waals surface area contributed by atoms with Crippen LogP contribution in [0.1, 0.15) is 26.2 Å². The number of hydrogen-bond acceptors (Lipinski definition) is 9. The Morgan fingerprint density at radius 1 is 1.16 bits per heavy atom. The number of carbonyl (C=O) groups excluding carboxylic acids is 3. The molecular weight excluding hydrogens is 456 g/mol. The molecule has 5 atom stereocenters. The molecule has 0 saturated carbocycles. The lowest BCUT2D eigenvalue weighted by atomic mass is 9.96. The zero-order valence-electron chi connectivity index (χ0n) is 17.2. The number of nitrogens with zero attached hydrogens (tertiary/aromatic N) is 2. The summed E-state index contributed by atoms with van der Waals surface area (Å²) in [5, 5.41) is 10.8. The van der Waals surface area contributed by atoms with Gasteiger partial charge in [-0.25, -0.2) is 0 Å². The van der Waals surface area contributed by atoms with Gasteiger partial charge in [0.25, 0.3) is 5.91 Å². The van der Waals surface area contributed by atoms with Crippen LogP contribution in [0.2, 0.25) is 0 Å². The minimum absolute atomic E-state index is 0.119. The van der Waals surface area contributed by atoms with Crippen molar-refractivity contribution in [2.24, 2.45) is 0 Å². The molecule has 0 aromatic rings. The molecule has 2 amide bonds. The van der Waals surface area contributed by atoms with E-state index in [4.69, 9.17) is 14.2 Å². The van der Waals surface area contributed by atoms with Gasteiger partial charge < -0.3 is 29.1 Å². The van der Waals surface area contributed by atoms with E-state index in [0.717, 1.165) is 0 Å². The molecule has 0 aromatic heterocycles. The van der Waals surface area contributed by atoms with Crippen LogP contribution in [-0.2, 0) is 28.6 Å². The Morgan fingerprint density at radius 2 is 1.91 bits per heavy atom. The van der Waals surface area contributed by atoms with Gasteiger partial charge in [-0.05, 0) is 29.7 Å². The molecule has 5 rings (SSSR count). The molecule has 5 aliphatic rings. The van der Waals surface area contributed by atoms with Gasteiger partial charge in [-0.1, -0.05) is 21.6 Å². The molecule has 0 aliphatic carbocycles. The third-order valence-electron chi connectivity index (χ3n) is 6.16. The van der Waals surface area contributed by atoms with E-state index in [9.17, 15) is 19.5 Å². The van der Waals surface area contributed by atoms with Gasteiger partial charge in [0.1, 0.15) is 6.10 Å². The second-order valence-corrected chi connectivity index (χ2v) is 10.6. The summed E-state index contributed by atoms with van der Waals surface area (Å²) >= 11 is 0. The zero-order chi connectivity index (χ0) is 22.5. The van der Waals surface area contributed by atoms with E-state index in [1.54, 1.807) is 15.9 Å². The Labute approximate surface area is 192 Å². The minimum atomic E-state index is -1.23. The molecule has 0 radical (unpaired) electrons. The largest absolute Gasteiger partial charge is 0.473 e. The van der Waals surface area contributed by atoms with Crippen LogP contribution in [0.25, 0.3) is 0 Å². The number of rotatable bonds is 1. The van der Waals surface area contributed by atoms with E-state index < -0.39 is 35.1 Å². The molecule has 9 nitrogen and oxygen atoms in total. The van der Waals surface area contributed by atoms with Gasteiger partial charge in [0, 0.05) is 19.8 Å². The summed E-state index contributed by atoms with van der Waals surface area (Å²) in [6.07, 6.45) is 7.91. The predicted octanol–water partition coefficient (Wildman–Crippen LogP) is 1.78. The van der Waals surface area contributed by atoms with Crippen molar-refractivity contribution >= 4 is 39.4 Å². The molecule has 1 N–H and O–H groups in total. The third kappa shape index (κ3) is 3.34. The van der Waals surface area contributed by atoms with Crippen molar-refractivity contribution in [3.8, 4) is 0 Å². The molecule has 32 heavy (non-hydrogen) atoms. The maximum Gasteiger partial charge on any atom is 0.303 e. The number of carbonyl (C=O) groups is 3. The van der Waals surface area contributed by atoms with Gasteiger partial charge in [-0.15, -0.1) is 0 Å². The summed E-state index contributed by atoms with van der Waals surface area (Å²) < 4.78 is 16.3. The first-order valence-electron chi connectivity index (χ1n) is 10.2. The van der Waals surface area contributed by atoms with E-state index >= 15 is 0 Å². The Kier molecular flexibility index (Phi) is 5.50. The normalized spacial score (nSPS) is 35.9. The van der Waals surface area contributed by atoms with Crippen LogP contribution in [0.5, 0.6) is 0 Å². The average Bonchev–Trinajstić information content (AvgIpc) is 2.84. The highest BCUT2D eigenvalue weighted by Gasteiger charge is 2.63. The standard InChI is InChI=1S/C21H22N2O7S2/c1-12(24)30-16-5-7-29-10-14-8-21-20(27)22(11-31-32-21)18-13(9-28-6-4-15(18)25)2-3-17(26)23(21)19(14)16/h4-7,9-10,15-16,18-19,25H,2-3,8,11H2,1H3. The summed E-state index contributed by atoms with van der Waals surface area (Å²) in [5.74, 6) is -0.631. The number of esters is 1. The second kappa shape index (κ2) is 8.20. The van der Waals surface area contributed by atoms with E-state index in [-0.39, 0.29) is 24.7 Å². The van der Waals surface area contributed by atoms with Crippen molar-refractivity contribution in [1.29, 1.82) is 0 Å². The maximum atomic E-state index is 14.1. The zero-order valence-corrected chi connectivity index (χ0v) is 18.8. The monoisotopic (exact) mass is 478 g/mol. The second-order valence-electron chi connectivity index (χ2n) is 8.10. The molecule has 3 fully saturated rings. The average molecular weight is 479 g/mol. The first-order valence-corrected chi connectivity index (χ1v) is 12.6. The van der Waals surface area contributed by atoms with Crippen molar-refractivity contribution in [3.05, 3.63) is 48.3 Å². The third-order valence-corrected chi connectivity index (χ3v) is 8.95. The SMILES string of the molecule is CC(=O)OC1C=COC=C2CC34SSCN(C3=O)C3C(=COC=CC3O)CCC(=O)N4C21. The first-order chi connectivity index (χ1) is 15.4. The Balaban J connectivity index is 1.63. The molecule has 170 valence electrons. The van der Waals surface area contributed by atoms with E-state index in [2.05, 4.69) is 0 Å². The number of fused-ring (bicyclic) bond motifs is 5.